The van der Waals surface area contributed by atoms with E-state index in [9.17, 15) is 13.2 Å². The molecule has 108 valence electrons. The van der Waals surface area contributed by atoms with Gasteiger partial charge in [-0.25, -0.2) is 0 Å². The molecule has 0 saturated carbocycles. The van der Waals surface area contributed by atoms with Crippen LogP contribution in [0.15, 0.2) is 24.3 Å². The van der Waals surface area contributed by atoms with Crippen LogP contribution in [0, 0.1) is 5.92 Å². The van der Waals surface area contributed by atoms with Crippen molar-refractivity contribution in [1.29, 1.82) is 0 Å². The summed E-state index contributed by atoms with van der Waals surface area (Å²) in [5.41, 5.74) is 6.13. The summed E-state index contributed by atoms with van der Waals surface area (Å²) in [6, 6.07) is 6.91. The first-order valence-corrected chi connectivity index (χ1v) is 5.95. The molecule has 0 spiro atoms. The summed E-state index contributed by atoms with van der Waals surface area (Å²) in [5.74, 6) is -1.23. The third-order valence-electron chi connectivity index (χ3n) is 2.72. The van der Waals surface area contributed by atoms with Crippen LogP contribution >= 0.6 is 0 Å². The van der Waals surface area contributed by atoms with Crippen molar-refractivity contribution in [2.24, 2.45) is 11.7 Å². The van der Waals surface area contributed by atoms with Gasteiger partial charge in [0.25, 0.3) is 0 Å². The first-order valence-electron chi connectivity index (χ1n) is 5.95. The van der Waals surface area contributed by atoms with Crippen LogP contribution in [0.4, 0.5) is 13.2 Å². The van der Waals surface area contributed by atoms with Crippen molar-refractivity contribution in [2.75, 3.05) is 26.9 Å². The number of nitrogens with two attached hydrogens (primary N) is 1. The van der Waals surface area contributed by atoms with Crippen LogP contribution in [0.3, 0.4) is 0 Å². The first-order chi connectivity index (χ1) is 8.97. The highest BCUT2D eigenvalue weighted by molar-refractivity contribution is 5.27. The van der Waals surface area contributed by atoms with Crippen molar-refractivity contribution < 1.29 is 22.6 Å². The summed E-state index contributed by atoms with van der Waals surface area (Å²) in [6.07, 6.45) is -3.57. The second-order valence-electron chi connectivity index (χ2n) is 4.17. The van der Waals surface area contributed by atoms with E-state index >= 15 is 0 Å². The Bertz CT molecular complexity index is 365. The monoisotopic (exact) mass is 277 g/mol. The van der Waals surface area contributed by atoms with E-state index in [0.29, 0.717) is 12.4 Å². The Balaban J connectivity index is 2.49. The molecule has 6 heteroatoms. The van der Waals surface area contributed by atoms with Gasteiger partial charge in [-0.15, -0.1) is 0 Å². The minimum Gasteiger partial charge on any atom is -0.493 e. The number of hydrogen-bond donors (Lipinski definition) is 1. The van der Waals surface area contributed by atoms with Gasteiger partial charge in [0.2, 0.25) is 0 Å². The normalized spacial score (nSPS) is 13.3. The molecule has 0 saturated heterocycles. The molecule has 1 aromatic carbocycles. The van der Waals surface area contributed by atoms with Crippen molar-refractivity contribution in [1.82, 2.24) is 0 Å². The molecule has 19 heavy (non-hydrogen) atoms. The zero-order valence-electron chi connectivity index (χ0n) is 10.7. The lowest BCUT2D eigenvalue weighted by Crippen LogP contribution is -2.35. The van der Waals surface area contributed by atoms with Crippen LogP contribution in [0.1, 0.15) is 5.56 Å². The molecule has 0 radical (unpaired) electrons. The van der Waals surface area contributed by atoms with Crippen molar-refractivity contribution >= 4 is 0 Å². The van der Waals surface area contributed by atoms with Gasteiger partial charge in [-0.2, -0.15) is 13.2 Å². The number of rotatable bonds is 7. The van der Waals surface area contributed by atoms with E-state index in [1.807, 2.05) is 0 Å². The molecule has 0 fully saturated rings. The smallest absolute Gasteiger partial charge is 0.396 e. The summed E-state index contributed by atoms with van der Waals surface area (Å²) >= 11 is 0. The molecule has 0 bridgehead atoms. The van der Waals surface area contributed by atoms with Crippen LogP contribution in [-0.4, -0.2) is 33.0 Å². The molecule has 1 atom stereocenters. The summed E-state index contributed by atoms with van der Waals surface area (Å²) in [5, 5.41) is 0. The maximum absolute atomic E-state index is 12.5. The highest BCUT2D eigenvalue weighted by Gasteiger charge is 2.39. The second-order valence-corrected chi connectivity index (χ2v) is 4.17. The molecule has 1 rings (SSSR count). The van der Waals surface area contributed by atoms with Gasteiger partial charge in [-0.3, -0.25) is 0 Å². The van der Waals surface area contributed by atoms with E-state index in [0.717, 1.165) is 12.0 Å². The van der Waals surface area contributed by atoms with Gasteiger partial charge in [0, 0.05) is 13.7 Å². The lowest BCUT2D eigenvalue weighted by atomic mass is 10.1. The van der Waals surface area contributed by atoms with Crippen molar-refractivity contribution in [3.8, 4) is 5.75 Å². The average Bonchev–Trinajstić information content (AvgIpc) is 2.37. The molecule has 1 unspecified atom stereocenters. The van der Waals surface area contributed by atoms with Crippen molar-refractivity contribution in [3.63, 3.8) is 0 Å². The Morgan fingerprint density at radius 2 is 1.84 bits per heavy atom. The Hall–Kier alpha value is -1.27. The van der Waals surface area contributed by atoms with E-state index < -0.39 is 25.2 Å². The molecule has 0 aliphatic rings. The molecule has 2 N–H and O–H groups in total. The second kappa shape index (κ2) is 7.35. The number of benzene rings is 1. The fourth-order valence-corrected chi connectivity index (χ4v) is 1.47. The van der Waals surface area contributed by atoms with Crippen LogP contribution in [-0.2, 0) is 11.2 Å². The molecule has 0 aromatic heterocycles. The highest BCUT2D eigenvalue weighted by atomic mass is 19.4. The fourth-order valence-electron chi connectivity index (χ4n) is 1.47. The summed E-state index contributed by atoms with van der Waals surface area (Å²) in [4.78, 5) is 0. The van der Waals surface area contributed by atoms with Crippen molar-refractivity contribution in [3.05, 3.63) is 29.8 Å². The zero-order chi connectivity index (χ0) is 14.3. The number of methoxy groups -OCH3 is 1. The molecule has 1 aromatic rings. The number of halogens is 3. The van der Waals surface area contributed by atoms with E-state index in [-0.39, 0.29) is 0 Å². The Morgan fingerprint density at radius 1 is 1.21 bits per heavy atom. The van der Waals surface area contributed by atoms with Gasteiger partial charge in [-0.1, -0.05) is 12.1 Å². The SMILES string of the molecule is COCCc1ccc(OCC(CN)C(F)(F)F)cc1. The minimum absolute atomic E-state index is 0.406. The maximum Gasteiger partial charge on any atom is 0.396 e. The molecule has 3 nitrogen and oxygen atoms in total. The van der Waals surface area contributed by atoms with Gasteiger partial charge >= 0.3 is 6.18 Å². The van der Waals surface area contributed by atoms with Crippen LogP contribution in [0.2, 0.25) is 0 Å². The third kappa shape index (κ3) is 5.48. The van der Waals surface area contributed by atoms with Gasteiger partial charge in [-0.05, 0) is 24.1 Å². The predicted octanol–water partition coefficient (Wildman–Crippen LogP) is 2.39. The molecule has 0 heterocycles. The lowest BCUT2D eigenvalue weighted by Gasteiger charge is -2.18. The topological polar surface area (TPSA) is 44.5 Å². The molecule has 0 aliphatic carbocycles. The Morgan fingerprint density at radius 3 is 2.32 bits per heavy atom. The Kier molecular flexibility index (Phi) is 6.11. The van der Waals surface area contributed by atoms with Crippen LogP contribution < -0.4 is 10.5 Å². The van der Waals surface area contributed by atoms with Gasteiger partial charge in [0.15, 0.2) is 0 Å². The van der Waals surface area contributed by atoms with E-state index in [1.54, 1.807) is 31.4 Å². The minimum atomic E-state index is -4.33. The lowest BCUT2D eigenvalue weighted by molar-refractivity contribution is -0.178. The average molecular weight is 277 g/mol. The number of ether oxygens (including phenoxy) is 2. The first kappa shape index (κ1) is 15.8. The van der Waals surface area contributed by atoms with Crippen LogP contribution in [0.5, 0.6) is 5.75 Å². The van der Waals surface area contributed by atoms with E-state index in [4.69, 9.17) is 15.2 Å². The zero-order valence-corrected chi connectivity index (χ0v) is 10.7. The predicted molar refractivity (Wildman–Crippen MR) is 66.1 cm³/mol. The summed E-state index contributed by atoms with van der Waals surface area (Å²) in [6.45, 7) is -0.337. The van der Waals surface area contributed by atoms with E-state index in [2.05, 4.69) is 0 Å². The van der Waals surface area contributed by atoms with Gasteiger partial charge < -0.3 is 15.2 Å². The third-order valence-corrected chi connectivity index (χ3v) is 2.72. The molecular weight excluding hydrogens is 259 g/mol. The summed E-state index contributed by atoms with van der Waals surface area (Å²) < 4.78 is 47.4. The standard InChI is InChI=1S/C13H18F3NO2/c1-18-7-6-10-2-4-12(5-3-10)19-9-11(8-17)13(14,15)16/h2-5,11H,6-9,17H2,1H3. The molecule has 0 aliphatic heterocycles. The molecule has 0 amide bonds. The van der Waals surface area contributed by atoms with Gasteiger partial charge in [0.1, 0.15) is 18.3 Å². The van der Waals surface area contributed by atoms with E-state index in [1.165, 1.54) is 0 Å². The van der Waals surface area contributed by atoms with Crippen LogP contribution in [0.25, 0.3) is 0 Å². The highest BCUT2D eigenvalue weighted by Crippen LogP contribution is 2.26. The quantitative estimate of drug-likeness (QED) is 0.832. The number of hydrogen-bond acceptors (Lipinski definition) is 3. The summed E-state index contributed by atoms with van der Waals surface area (Å²) in [7, 11) is 1.61. The van der Waals surface area contributed by atoms with Gasteiger partial charge in [0.05, 0.1) is 6.61 Å². The maximum atomic E-state index is 12.5. The largest absolute Gasteiger partial charge is 0.493 e. The fraction of sp³-hybridized carbons (Fsp3) is 0.538. The number of alkyl halides is 3. The van der Waals surface area contributed by atoms with Crippen molar-refractivity contribution in [2.45, 2.75) is 12.6 Å². The molecular formula is C13H18F3NO2. The Labute approximate surface area is 110 Å².